The fraction of sp³-hybridized carbons (Fsp3) is 0.344. The molecule has 1 unspecified atom stereocenters. The summed E-state index contributed by atoms with van der Waals surface area (Å²) in [6.07, 6.45) is 1.55. The first-order chi connectivity index (χ1) is 20.6. The highest BCUT2D eigenvalue weighted by Gasteiger charge is 2.38. The van der Waals surface area contributed by atoms with E-state index >= 15 is 0 Å². The van der Waals surface area contributed by atoms with E-state index in [1.165, 1.54) is 30.8 Å². The number of carbonyl (C=O) groups is 2. The van der Waals surface area contributed by atoms with Gasteiger partial charge in [0.25, 0.3) is 5.91 Å². The summed E-state index contributed by atoms with van der Waals surface area (Å²) in [5.41, 5.74) is 6.76. The number of hydrogen-bond donors (Lipinski definition) is 3. The largest absolute Gasteiger partial charge is 0.481 e. The number of urea groups is 1. The van der Waals surface area contributed by atoms with Gasteiger partial charge in [0.05, 0.1) is 29.5 Å². The zero-order valence-electron chi connectivity index (χ0n) is 24.5. The molecular weight excluding hydrogens is 570 g/mol. The third kappa shape index (κ3) is 5.04. The number of halogens is 1. The molecule has 3 heterocycles. The third-order valence-corrected chi connectivity index (χ3v) is 9.05. The molecule has 11 heteroatoms. The summed E-state index contributed by atoms with van der Waals surface area (Å²) in [6, 6.07) is 13.2. The van der Waals surface area contributed by atoms with E-state index in [-0.39, 0.29) is 17.7 Å². The number of amides is 3. The molecule has 3 N–H and O–H groups in total. The molecule has 43 heavy (non-hydrogen) atoms. The van der Waals surface area contributed by atoms with Gasteiger partial charge in [0.1, 0.15) is 0 Å². The number of anilines is 1. The van der Waals surface area contributed by atoms with Crippen molar-refractivity contribution >= 4 is 29.2 Å². The highest BCUT2D eigenvalue weighted by molar-refractivity contribution is 6.36. The van der Waals surface area contributed by atoms with Crippen LogP contribution in [0.3, 0.4) is 0 Å². The molecule has 3 aliphatic rings. The van der Waals surface area contributed by atoms with E-state index in [0.717, 1.165) is 51.3 Å². The monoisotopic (exact) mass is 603 g/mol. The highest BCUT2D eigenvalue weighted by Crippen LogP contribution is 2.45. The van der Waals surface area contributed by atoms with Gasteiger partial charge in [-0.1, -0.05) is 41.9 Å². The highest BCUT2D eigenvalue weighted by atomic mass is 35.5. The topological polar surface area (TPSA) is 118 Å². The van der Waals surface area contributed by atoms with Crippen LogP contribution in [0.4, 0.5) is 10.5 Å². The molecule has 10 nitrogen and oxygen atoms in total. The average molecular weight is 604 g/mol. The summed E-state index contributed by atoms with van der Waals surface area (Å²) in [7, 11) is 4.59. The molecule has 2 atom stereocenters. The van der Waals surface area contributed by atoms with E-state index < -0.39 is 18.2 Å². The van der Waals surface area contributed by atoms with E-state index in [0.29, 0.717) is 29.7 Å². The van der Waals surface area contributed by atoms with Crippen LogP contribution < -0.4 is 10.1 Å². The lowest BCUT2D eigenvalue weighted by Gasteiger charge is -2.40. The fourth-order valence-electron chi connectivity index (χ4n) is 6.25. The number of carbonyl (C=O) groups excluding carboxylic acids is 2. The Kier molecular flexibility index (Phi) is 7.64. The Bertz CT molecular complexity index is 1650. The zero-order valence-corrected chi connectivity index (χ0v) is 25.2. The smallest absolute Gasteiger partial charge is 0.325 e. The quantitative estimate of drug-likeness (QED) is 0.387. The first kappa shape index (κ1) is 29.1. The second-order valence-electron chi connectivity index (χ2n) is 11.3. The summed E-state index contributed by atoms with van der Waals surface area (Å²) in [4.78, 5) is 34.8. The number of aliphatic hydroxyl groups excluding tert-OH is 2. The summed E-state index contributed by atoms with van der Waals surface area (Å²) in [5, 5.41) is 23.8. The molecule has 3 aromatic rings. The lowest BCUT2D eigenvalue weighted by Crippen LogP contribution is -2.51. The molecule has 3 amide bonds. The van der Waals surface area contributed by atoms with Crippen LogP contribution in [-0.4, -0.2) is 88.5 Å². The number of aliphatic hydroxyl groups is 2. The van der Waals surface area contributed by atoms with Gasteiger partial charge in [-0.25, -0.2) is 9.78 Å². The van der Waals surface area contributed by atoms with Gasteiger partial charge >= 0.3 is 6.03 Å². The van der Waals surface area contributed by atoms with Gasteiger partial charge < -0.3 is 25.2 Å². The number of aromatic nitrogens is 1. The molecular formula is C32H34ClN5O5. The van der Waals surface area contributed by atoms with Crippen molar-refractivity contribution in [2.24, 2.45) is 0 Å². The second kappa shape index (κ2) is 11.3. The molecule has 0 saturated carbocycles. The molecule has 0 spiro atoms. The Morgan fingerprint density at radius 1 is 1.09 bits per heavy atom. The number of nitrogens with one attached hydrogen (secondary N) is 1. The van der Waals surface area contributed by atoms with Crippen LogP contribution in [0.5, 0.6) is 5.88 Å². The minimum absolute atomic E-state index is 0.0542. The molecule has 0 radical (unpaired) electrons. The molecule has 0 bridgehead atoms. The van der Waals surface area contributed by atoms with Gasteiger partial charge in [-0.15, -0.1) is 0 Å². The molecule has 2 aliphatic heterocycles. The lowest BCUT2D eigenvalue weighted by atomic mass is 9.95. The molecule has 2 aromatic carbocycles. The standard InChI is InChI=1S/C32H34ClN5O5/c1-17-20(7-6-10-24(17)34-29(40)23-16-36(2)32(42)37(3)31(23)41)21-8-5-9-22(28(21)33)25-13-18-11-12-26(38-14-19(39)15-38)27(18)30(35-25)43-4/h5-10,13,16,19,26,31,39,41H,11-12,14-15H2,1-4H3,(H,34,40)/t26-,31?/m1/s1. The van der Waals surface area contributed by atoms with Crippen molar-refractivity contribution in [3.05, 3.63) is 76.0 Å². The van der Waals surface area contributed by atoms with Crippen molar-refractivity contribution in [2.75, 3.05) is 39.6 Å². The van der Waals surface area contributed by atoms with E-state index in [4.69, 9.17) is 21.3 Å². The normalized spacial score (nSPS) is 20.5. The maximum Gasteiger partial charge on any atom is 0.325 e. The lowest BCUT2D eigenvalue weighted by molar-refractivity contribution is -0.115. The Hall–Kier alpha value is -3.96. The number of β-amino-alcohol motifs (C(OH)–C–C–N with tert-alkyl or cyclic N) is 1. The molecule has 1 aromatic heterocycles. The van der Waals surface area contributed by atoms with E-state index in [9.17, 15) is 19.8 Å². The van der Waals surface area contributed by atoms with Crippen molar-refractivity contribution < 1.29 is 24.5 Å². The van der Waals surface area contributed by atoms with E-state index in [1.54, 1.807) is 13.2 Å². The van der Waals surface area contributed by atoms with Crippen molar-refractivity contribution in [3.63, 3.8) is 0 Å². The van der Waals surface area contributed by atoms with Gasteiger partial charge in [0.15, 0.2) is 6.23 Å². The van der Waals surface area contributed by atoms with Crippen LogP contribution in [0.15, 0.2) is 54.2 Å². The van der Waals surface area contributed by atoms with Gasteiger partial charge in [0.2, 0.25) is 5.88 Å². The Morgan fingerprint density at radius 2 is 1.79 bits per heavy atom. The molecule has 1 fully saturated rings. The van der Waals surface area contributed by atoms with Crippen molar-refractivity contribution in [1.82, 2.24) is 19.7 Å². The predicted molar refractivity (Wildman–Crippen MR) is 164 cm³/mol. The van der Waals surface area contributed by atoms with Crippen LogP contribution in [0.1, 0.15) is 29.2 Å². The number of nitrogens with zero attached hydrogens (tertiary/aromatic N) is 4. The van der Waals surface area contributed by atoms with Crippen LogP contribution in [0, 0.1) is 6.92 Å². The number of fused-ring (bicyclic) bond motifs is 1. The summed E-state index contributed by atoms with van der Waals surface area (Å²) < 4.78 is 5.77. The Balaban J connectivity index is 1.32. The zero-order chi connectivity index (χ0) is 30.6. The van der Waals surface area contributed by atoms with Gasteiger partial charge in [0, 0.05) is 61.8 Å². The fourth-order valence-corrected chi connectivity index (χ4v) is 6.57. The van der Waals surface area contributed by atoms with Crippen LogP contribution in [0.25, 0.3) is 22.4 Å². The predicted octanol–water partition coefficient (Wildman–Crippen LogP) is 4.19. The van der Waals surface area contributed by atoms with Crippen molar-refractivity contribution in [2.45, 2.75) is 38.1 Å². The molecule has 1 saturated heterocycles. The van der Waals surface area contributed by atoms with E-state index in [2.05, 4.69) is 16.3 Å². The first-order valence-corrected chi connectivity index (χ1v) is 14.6. The third-order valence-electron chi connectivity index (χ3n) is 8.64. The molecule has 1 aliphatic carbocycles. The number of rotatable bonds is 6. The van der Waals surface area contributed by atoms with Gasteiger partial charge in [-0.2, -0.15) is 0 Å². The number of likely N-dealkylation sites (tertiary alicyclic amines) is 1. The Morgan fingerprint density at radius 3 is 2.51 bits per heavy atom. The minimum atomic E-state index is -1.36. The molecule has 224 valence electrons. The minimum Gasteiger partial charge on any atom is -0.481 e. The number of likely N-dealkylation sites (N-methyl/N-ethyl adjacent to an activating group) is 1. The summed E-state index contributed by atoms with van der Waals surface area (Å²) in [6.45, 7) is 3.21. The second-order valence-corrected chi connectivity index (χ2v) is 11.7. The average Bonchev–Trinajstić information content (AvgIpc) is 3.40. The SMILES string of the molecule is COc1nc(-c2cccc(-c3cccc(NC(=O)C4=CN(C)C(=O)N(C)C4O)c3C)c2Cl)cc2c1[C@H](N1CC(O)C1)CC2. The van der Waals surface area contributed by atoms with Crippen LogP contribution in [-0.2, 0) is 11.2 Å². The maximum atomic E-state index is 13.2. The van der Waals surface area contributed by atoms with Gasteiger partial charge in [-0.05, 0) is 48.6 Å². The van der Waals surface area contributed by atoms with Gasteiger partial charge in [-0.3, -0.25) is 14.6 Å². The van der Waals surface area contributed by atoms with Crippen molar-refractivity contribution in [1.29, 1.82) is 0 Å². The Labute approximate surface area is 255 Å². The maximum absolute atomic E-state index is 13.2. The van der Waals surface area contributed by atoms with E-state index in [1.807, 2.05) is 37.3 Å². The number of ether oxygens (including phenoxy) is 1. The number of methoxy groups -OCH3 is 1. The summed E-state index contributed by atoms with van der Waals surface area (Å²) >= 11 is 7.08. The molecule has 6 rings (SSSR count). The number of hydrogen-bond acceptors (Lipinski definition) is 7. The van der Waals surface area contributed by atoms with Crippen molar-refractivity contribution in [3.8, 4) is 28.3 Å². The van der Waals surface area contributed by atoms with Crippen LogP contribution in [0.2, 0.25) is 5.02 Å². The summed E-state index contributed by atoms with van der Waals surface area (Å²) in [5.74, 6) is 0.0650. The first-order valence-electron chi connectivity index (χ1n) is 14.2. The van der Waals surface area contributed by atoms with Crippen LogP contribution >= 0.6 is 11.6 Å². The number of benzene rings is 2. The number of pyridine rings is 1. The number of aryl methyl sites for hydroxylation is 1.